The summed E-state index contributed by atoms with van der Waals surface area (Å²) in [5.74, 6) is 0.537. The highest BCUT2D eigenvalue weighted by molar-refractivity contribution is 5.94. The van der Waals surface area contributed by atoms with Gasteiger partial charge in [-0.3, -0.25) is 19.2 Å². The summed E-state index contributed by atoms with van der Waals surface area (Å²) < 4.78 is 8.61. The molecule has 1 atom stereocenters. The zero-order valence-electron chi connectivity index (χ0n) is 16.0. The van der Waals surface area contributed by atoms with Gasteiger partial charge in [-0.15, -0.1) is 0 Å². The maximum absolute atomic E-state index is 12.9. The molecule has 7 nitrogen and oxygen atoms in total. The van der Waals surface area contributed by atoms with Crippen LogP contribution in [0.3, 0.4) is 0 Å². The minimum atomic E-state index is -0.431. The highest BCUT2D eigenvalue weighted by atomic mass is 16.3. The molecule has 1 unspecified atom stereocenters. The van der Waals surface area contributed by atoms with E-state index in [4.69, 9.17) is 4.42 Å². The Labute approximate surface area is 157 Å². The second-order valence-electron chi connectivity index (χ2n) is 6.60. The first-order valence-electron chi connectivity index (χ1n) is 8.77. The summed E-state index contributed by atoms with van der Waals surface area (Å²) in [6.45, 7) is 4.11. The van der Waals surface area contributed by atoms with Crippen molar-refractivity contribution in [1.82, 2.24) is 14.3 Å². The SMILES string of the molecule is Cc1c(NC(=O)C(C)N(C)Cc2ccco2)c(=O)n(-c2ccccc2)n1C. The van der Waals surface area contributed by atoms with Crippen LogP contribution in [0.2, 0.25) is 0 Å². The summed E-state index contributed by atoms with van der Waals surface area (Å²) in [4.78, 5) is 27.5. The number of carbonyl (C=O) groups is 1. The van der Waals surface area contributed by atoms with E-state index in [2.05, 4.69) is 5.32 Å². The van der Waals surface area contributed by atoms with Crippen LogP contribution in [-0.4, -0.2) is 33.3 Å². The molecule has 0 aliphatic carbocycles. The summed E-state index contributed by atoms with van der Waals surface area (Å²) in [5.41, 5.74) is 1.48. The Hall–Kier alpha value is -3.06. The molecule has 0 aliphatic heterocycles. The van der Waals surface area contributed by atoms with Gasteiger partial charge in [0.1, 0.15) is 11.4 Å². The van der Waals surface area contributed by atoms with Gasteiger partial charge in [0.2, 0.25) is 5.91 Å². The van der Waals surface area contributed by atoms with E-state index in [-0.39, 0.29) is 11.5 Å². The van der Waals surface area contributed by atoms with Crippen molar-refractivity contribution in [3.05, 3.63) is 70.5 Å². The Balaban J connectivity index is 1.81. The van der Waals surface area contributed by atoms with Crippen LogP contribution >= 0.6 is 0 Å². The summed E-state index contributed by atoms with van der Waals surface area (Å²) in [7, 11) is 3.64. The Morgan fingerprint density at radius 3 is 2.56 bits per heavy atom. The summed E-state index contributed by atoms with van der Waals surface area (Å²) in [6.07, 6.45) is 1.60. The lowest BCUT2D eigenvalue weighted by Crippen LogP contribution is -2.40. The third kappa shape index (κ3) is 3.73. The van der Waals surface area contributed by atoms with Crippen LogP contribution in [0, 0.1) is 6.92 Å². The van der Waals surface area contributed by atoms with Crippen LogP contribution in [0.15, 0.2) is 57.9 Å². The van der Waals surface area contributed by atoms with Crippen LogP contribution < -0.4 is 10.9 Å². The van der Waals surface area contributed by atoms with E-state index in [0.29, 0.717) is 17.9 Å². The molecule has 27 heavy (non-hydrogen) atoms. The zero-order valence-corrected chi connectivity index (χ0v) is 16.0. The van der Waals surface area contributed by atoms with Crippen LogP contribution in [0.4, 0.5) is 5.69 Å². The number of anilines is 1. The second kappa shape index (κ2) is 7.67. The molecule has 0 saturated carbocycles. The Bertz CT molecular complexity index is 971. The quantitative estimate of drug-likeness (QED) is 0.726. The maximum atomic E-state index is 12.9. The highest BCUT2D eigenvalue weighted by Gasteiger charge is 2.23. The van der Waals surface area contributed by atoms with Gasteiger partial charge < -0.3 is 9.73 Å². The molecule has 1 amide bonds. The van der Waals surface area contributed by atoms with E-state index in [9.17, 15) is 9.59 Å². The molecular weight excluding hydrogens is 344 g/mol. The van der Waals surface area contributed by atoms with Gasteiger partial charge in [-0.05, 0) is 45.2 Å². The molecule has 3 rings (SSSR count). The van der Waals surface area contributed by atoms with Crippen LogP contribution in [-0.2, 0) is 18.4 Å². The number of nitrogens with zero attached hydrogens (tertiary/aromatic N) is 3. The Kier molecular flexibility index (Phi) is 5.32. The minimum Gasteiger partial charge on any atom is -0.468 e. The van der Waals surface area contributed by atoms with Crippen molar-refractivity contribution in [3.63, 3.8) is 0 Å². The molecule has 0 saturated heterocycles. The molecule has 0 fully saturated rings. The fourth-order valence-electron chi connectivity index (χ4n) is 2.93. The van der Waals surface area contributed by atoms with E-state index in [0.717, 1.165) is 11.4 Å². The molecule has 0 bridgehead atoms. The van der Waals surface area contributed by atoms with Crippen molar-refractivity contribution in [1.29, 1.82) is 0 Å². The van der Waals surface area contributed by atoms with E-state index in [1.54, 1.807) is 29.6 Å². The molecule has 7 heteroatoms. The van der Waals surface area contributed by atoms with Gasteiger partial charge >= 0.3 is 0 Å². The summed E-state index contributed by atoms with van der Waals surface area (Å²) in [5, 5.41) is 2.80. The lowest BCUT2D eigenvalue weighted by Gasteiger charge is -2.22. The van der Waals surface area contributed by atoms with E-state index in [1.165, 1.54) is 0 Å². The average molecular weight is 368 g/mol. The monoisotopic (exact) mass is 368 g/mol. The smallest absolute Gasteiger partial charge is 0.295 e. The second-order valence-corrected chi connectivity index (χ2v) is 6.60. The van der Waals surface area contributed by atoms with Gasteiger partial charge in [-0.1, -0.05) is 18.2 Å². The lowest BCUT2D eigenvalue weighted by molar-refractivity contribution is -0.120. The highest BCUT2D eigenvalue weighted by Crippen LogP contribution is 2.15. The Morgan fingerprint density at radius 2 is 1.93 bits per heavy atom. The van der Waals surface area contributed by atoms with Crippen molar-refractivity contribution in [3.8, 4) is 5.69 Å². The van der Waals surface area contributed by atoms with Gasteiger partial charge in [0.15, 0.2) is 0 Å². The third-order valence-electron chi connectivity index (χ3n) is 4.83. The summed E-state index contributed by atoms with van der Waals surface area (Å²) in [6, 6.07) is 12.6. The molecule has 1 N–H and O–H groups in total. The van der Waals surface area contributed by atoms with Gasteiger partial charge in [0.05, 0.1) is 30.2 Å². The van der Waals surface area contributed by atoms with Gasteiger partial charge in [0, 0.05) is 7.05 Å². The molecule has 3 aromatic rings. The number of benzene rings is 1. The number of hydrogen-bond acceptors (Lipinski definition) is 4. The number of likely N-dealkylation sites (N-methyl/N-ethyl adjacent to an activating group) is 1. The number of carbonyl (C=O) groups excluding carboxylic acids is 1. The number of aromatic nitrogens is 2. The molecule has 2 heterocycles. The first kappa shape index (κ1) is 18.7. The predicted octanol–water partition coefficient (Wildman–Crippen LogP) is 2.54. The predicted molar refractivity (Wildman–Crippen MR) is 104 cm³/mol. The maximum Gasteiger partial charge on any atom is 0.295 e. The normalized spacial score (nSPS) is 12.3. The number of furan rings is 1. The van der Waals surface area contributed by atoms with Crippen LogP contribution in [0.25, 0.3) is 5.69 Å². The molecule has 0 radical (unpaired) electrons. The van der Waals surface area contributed by atoms with Gasteiger partial charge in [-0.25, -0.2) is 4.68 Å². The van der Waals surface area contributed by atoms with Crippen LogP contribution in [0.1, 0.15) is 18.4 Å². The molecule has 142 valence electrons. The average Bonchev–Trinajstić information content (AvgIpc) is 3.24. The fourth-order valence-corrected chi connectivity index (χ4v) is 2.93. The zero-order chi connectivity index (χ0) is 19.6. The van der Waals surface area contributed by atoms with Crippen molar-refractivity contribution in [2.75, 3.05) is 12.4 Å². The Morgan fingerprint density at radius 1 is 1.22 bits per heavy atom. The van der Waals surface area contributed by atoms with Crippen molar-refractivity contribution in [2.45, 2.75) is 26.4 Å². The van der Waals surface area contributed by atoms with Gasteiger partial charge in [-0.2, -0.15) is 0 Å². The minimum absolute atomic E-state index is 0.241. The third-order valence-corrected chi connectivity index (χ3v) is 4.83. The number of nitrogens with one attached hydrogen (secondary N) is 1. The standard InChI is InChI=1S/C20H24N4O3/c1-14-18(20(26)24(23(14)4)16-9-6-5-7-10-16)21-19(25)15(2)22(3)13-17-11-8-12-27-17/h5-12,15H,13H2,1-4H3,(H,21,25). The van der Waals surface area contributed by atoms with Crippen LogP contribution in [0.5, 0.6) is 0 Å². The first-order chi connectivity index (χ1) is 12.9. The number of rotatable bonds is 6. The number of amides is 1. The van der Waals surface area contributed by atoms with E-state index in [1.807, 2.05) is 61.3 Å². The van der Waals surface area contributed by atoms with Crippen molar-refractivity contribution < 1.29 is 9.21 Å². The number of hydrogen-bond donors (Lipinski definition) is 1. The molecule has 0 aliphatic rings. The largest absolute Gasteiger partial charge is 0.468 e. The van der Waals surface area contributed by atoms with Crippen molar-refractivity contribution in [2.24, 2.45) is 7.05 Å². The molecular formula is C20H24N4O3. The lowest BCUT2D eigenvalue weighted by atomic mass is 10.2. The van der Waals surface area contributed by atoms with Crippen molar-refractivity contribution >= 4 is 11.6 Å². The van der Waals surface area contributed by atoms with Gasteiger partial charge in [0.25, 0.3) is 5.56 Å². The molecule has 1 aromatic carbocycles. The topological polar surface area (TPSA) is 72.4 Å². The van der Waals surface area contributed by atoms with E-state index >= 15 is 0 Å². The first-order valence-corrected chi connectivity index (χ1v) is 8.77. The number of para-hydroxylation sites is 1. The van der Waals surface area contributed by atoms with E-state index < -0.39 is 6.04 Å². The fraction of sp³-hybridized carbons (Fsp3) is 0.300. The molecule has 2 aromatic heterocycles. The summed E-state index contributed by atoms with van der Waals surface area (Å²) >= 11 is 0. The molecule has 0 spiro atoms.